The second kappa shape index (κ2) is 6.14. The molecule has 10 heteroatoms. The van der Waals surface area contributed by atoms with Crippen molar-refractivity contribution in [1.82, 2.24) is 34.3 Å². The Morgan fingerprint density at radius 1 is 1.29 bits per heavy atom. The summed E-state index contributed by atoms with van der Waals surface area (Å²) in [5.74, 6) is 2.12. The number of hydrogen-bond donors (Lipinski definition) is 2. The van der Waals surface area contributed by atoms with Crippen molar-refractivity contribution in [3.63, 3.8) is 0 Å². The zero-order valence-corrected chi connectivity index (χ0v) is 16.8. The van der Waals surface area contributed by atoms with Crippen molar-refractivity contribution in [2.75, 3.05) is 23.1 Å². The number of aryl methyl sites for hydroxylation is 2. The Morgan fingerprint density at radius 2 is 2.14 bits per heavy atom. The average Bonchev–Trinajstić information content (AvgIpc) is 3.33. The van der Waals surface area contributed by atoms with Gasteiger partial charge in [-0.15, -0.1) is 10.3 Å². The van der Waals surface area contributed by atoms with Crippen molar-refractivity contribution < 1.29 is 4.55 Å². The van der Waals surface area contributed by atoms with Crippen molar-refractivity contribution in [3.05, 3.63) is 36.0 Å². The van der Waals surface area contributed by atoms with Gasteiger partial charge < -0.3 is 9.87 Å². The fraction of sp³-hybridized carbons (Fsp3) is 0.389. The van der Waals surface area contributed by atoms with Gasteiger partial charge in [-0.2, -0.15) is 15.2 Å². The van der Waals surface area contributed by atoms with Crippen LogP contribution in [0.25, 0.3) is 16.7 Å². The number of rotatable bonds is 3. The molecule has 28 heavy (non-hydrogen) atoms. The summed E-state index contributed by atoms with van der Waals surface area (Å²) in [6, 6.07) is 2.14. The Labute approximate surface area is 163 Å². The van der Waals surface area contributed by atoms with Gasteiger partial charge in [-0.3, -0.25) is 0 Å². The number of hydrogen-bond acceptors (Lipinski definition) is 7. The second-order valence-corrected chi connectivity index (χ2v) is 10.7. The van der Waals surface area contributed by atoms with Gasteiger partial charge in [-0.1, -0.05) is 0 Å². The number of pyridine rings is 1. The van der Waals surface area contributed by atoms with E-state index in [0.29, 0.717) is 5.95 Å². The standard InChI is InChI=1S/C18H22N8OS/c1-11-6-16-20-10-21-25(16)8-15(11)22-18-19-7-14-12(2)24-26(17(14)23-18)13-4-5-28(3,27)9-13/h6-8,10,13,27H,4-5,9H2,1-3H3,(H,19,22,23). The molecule has 2 atom stereocenters. The topological polar surface area (TPSA) is 106 Å². The van der Waals surface area contributed by atoms with Gasteiger partial charge >= 0.3 is 0 Å². The smallest absolute Gasteiger partial charge is 0.229 e. The van der Waals surface area contributed by atoms with Gasteiger partial charge in [0, 0.05) is 17.7 Å². The Hall–Kier alpha value is -2.72. The quantitative estimate of drug-likeness (QED) is 0.546. The number of aromatic nitrogens is 7. The maximum atomic E-state index is 10.4. The van der Waals surface area contributed by atoms with Gasteiger partial charge in [0.25, 0.3) is 0 Å². The minimum atomic E-state index is -1.52. The largest absolute Gasteiger partial charge is 0.352 e. The minimum absolute atomic E-state index is 0.178. The van der Waals surface area contributed by atoms with E-state index in [0.717, 1.165) is 51.6 Å². The molecule has 0 amide bonds. The first-order valence-corrected chi connectivity index (χ1v) is 11.5. The molecule has 5 heterocycles. The van der Waals surface area contributed by atoms with E-state index in [2.05, 4.69) is 20.4 Å². The third-order valence-electron chi connectivity index (χ3n) is 5.29. The highest BCUT2D eigenvalue weighted by atomic mass is 32.3. The molecular weight excluding hydrogens is 376 g/mol. The summed E-state index contributed by atoms with van der Waals surface area (Å²) in [6.07, 6.45) is 8.11. The van der Waals surface area contributed by atoms with E-state index in [9.17, 15) is 4.55 Å². The molecule has 2 N–H and O–H groups in total. The summed E-state index contributed by atoms with van der Waals surface area (Å²) in [6.45, 7) is 3.98. The molecule has 0 spiro atoms. The highest BCUT2D eigenvalue weighted by Crippen LogP contribution is 2.50. The maximum absolute atomic E-state index is 10.4. The molecule has 1 fully saturated rings. The third-order valence-corrected chi connectivity index (χ3v) is 7.51. The van der Waals surface area contributed by atoms with Crippen LogP contribution >= 0.6 is 10.3 Å². The van der Waals surface area contributed by atoms with Gasteiger partial charge in [-0.05, 0) is 38.2 Å². The fourth-order valence-electron chi connectivity index (χ4n) is 3.75. The average molecular weight is 398 g/mol. The Balaban J connectivity index is 1.53. The summed E-state index contributed by atoms with van der Waals surface area (Å²) in [5.41, 5.74) is 4.40. The first kappa shape index (κ1) is 17.4. The summed E-state index contributed by atoms with van der Waals surface area (Å²) >= 11 is 0. The van der Waals surface area contributed by atoms with Crippen LogP contribution in [0.5, 0.6) is 0 Å². The molecule has 9 nitrogen and oxygen atoms in total. The van der Waals surface area contributed by atoms with Crippen molar-refractivity contribution in [3.8, 4) is 0 Å². The number of nitrogens with one attached hydrogen (secondary N) is 1. The summed E-state index contributed by atoms with van der Waals surface area (Å²) in [4.78, 5) is 13.4. The Kier molecular flexibility index (Phi) is 3.81. The number of anilines is 2. The van der Waals surface area contributed by atoms with E-state index in [1.807, 2.05) is 43.2 Å². The van der Waals surface area contributed by atoms with E-state index in [1.165, 1.54) is 6.33 Å². The molecule has 0 aromatic carbocycles. The number of fused-ring (bicyclic) bond motifs is 2. The highest BCUT2D eigenvalue weighted by Gasteiger charge is 2.32. The highest BCUT2D eigenvalue weighted by molar-refractivity contribution is 8.28. The van der Waals surface area contributed by atoms with Crippen LogP contribution in [-0.2, 0) is 0 Å². The summed E-state index contributed by atoms with van der Waals surface area (Å²) < 4.78 is 14.1. The minimum Gasteiger partial charge on any atom is -0.352 e. The molecular formula is C18H22N8OS. The molecule has 146 valence electrons. The van der Waals surface area contributed by atoms with Crippen LogP contribution in [-0.4, -0.2) is 56.7 Å². The molecule has 0 saturated carbocycles. The van der Waals surface area contributed by atoms with Gasteiger partial charge in [0.2, 0.25) is 5.95 Å². The van der Waals surface area contributed by atoms with E-state index in [1.54, 1.807) is 4.52 Å². The van der Waals surface area contributed by atoms with Crippen LogP contribution in [0.15, 0.2) is 24.8 Å². The molecule has 0 radical (unpaired) electrons. The molecule has 4 aromatic heterocycles. The van der Waals surface area contributed by atoms with Crippen LogP contribution in [0.4, 0.5) is 11.6 Å². The molecule has 0 aliphatic carbocycles. The second-order valence-electron chi connectivity index (χ2n) is 7.55. The zero-order chi connectivity index (χ0) is 19.5. The molecule has 0 bridgehead atoms. The van der Waals surface area contributed by atoms with Crippen LogP contribution in [0, 0.1) is 13.8 Å². The summed E-state index contributed by atoms with van der Waals surface area (Å²) in [5, 5.41) is 13.1. The molecule has 4 aromatic rings. The fourth-order valence-corrected chi connectivity index (χ4v) is 5.84. The lowest BCUT2D eigenvalue weighted by Gasteiger charge is -2.22. The predicted molar refractivity (Wildman–Crippen MR) is 111 cm³/mol. The van der Waals surface area contributed by atoms with Gasteiger partial charge in [0.1, 0.15) is 6.33 Å². The monoisotopic (exact) mass is 398 g/mol. The van der Waals surface area contributed by atoms with E-state index in [4.69, 9.17) is 10.1 Å². The Bertz CT molecular complexity index is 1200. The zero-order valence-electron chi connectivity index (χ0n) is 16.0. The molecule has 1 aliphatic rings. The third kappa shape index (κ3) is 2.89. The molecule has 1 aliphatic heterocycles. The van der Waals surface area contributed by atoms with Crippen molar-refractivity contribution >= 4 is 38.6 Å². The molecule has 5 rings (SSSR count). The van der Waals surface area contributed by atoms with E-state index < -0.39 is 10.3 Å². The lowest BCUT2D eigenvalue weighted by Crippen LogP contribution is -2.12. The van der Waals surface area contributed by atoms with Gasteiger partial charge in [-0.25, -0.2) is 19.2 Å². The molecule has 1 saturated heterocycles. The lowest BCUT2D eigenvalue weighted by atomic mass is 10.2. The molecule has 2 unspecified atom stereocenters. The first-order chi connectivity index (χ1) is 13.4. The van der Waals surface area contributed by atoms with Crippen molar-refractivity contribution in [1.29, 1.82) is 0 Å². The number of nitrogens with zero attached hydrogens (tertiary/aromatic N) is 7. The van der Waals surface area contributed by atoms with E-state index in [-0.39, 0.29) is 6.04 Å². The predicted octanol–water partition coefficient (Wildman–Crippen LogP) is 3.08. The van der Waals surface area contributed by atoms with E-state index >= 15 is 0 Å². The SMILES string of the molecule is Cc1cc2ncnn2cc1Nc1ncc2c(C)nn(C3CCS(C)(O)C3)c2n1. The van der Waals surface area contributed by atoms with Gasteiger partial charge in [0.05, 0.1) is 29.0 Å². The van der Waals surface area contributed by atoms with Crippen molar-refractivity contribution in [2.45, 2.75) is 26.3 Å². The van der Waals surface area contributed by atoms with Crippen LogP contribution in [0.3, 0.4) is 0 Å². The van der Waals surface area contributed by atoms with Crippen LogP contribution in [0.1, 0.15) is 23.7 Å². The van der Waals surface area contributed by atoms with Crippen molar-refractivity contribution in [2.24, 2.45) is 0 Å². The van der Waals surface area contributed by atoms with Crippen LogP contribution < -0.4 is 5.32 Å². The normalized spacial score (nSPS) is 24.6. The maximum Gasteiger partial charge on any atom is 0.229 e. The van der Waals surface area contributed by atoms with Crippen LogP contribution in [0.2, 0.25) is 0 Å². The lowest BCUT2D eigenvalue weighted by molar-refractivity contribution is 0.509. The first-order valence-electron chi connectivity index (χ1n) is 9.15. The Morgan fingerprint density at radius 3 is 2.93 bits per heavy atom. The summed E-state index contributed by atoms with van der Waals surface area (Å²) in [7, 11) is -1.52. The van der Waals surface area contributed by atoms with Gasteiger partial charge in [0.15, 0.2) is 11.3 Å².